The maximum Gasteiger partial charge on any atom is 0.262 e. The standard InChI is InChI=1S/C26H26N2O3/c1-17(2)21-13-8-18(3)14-24(21)30-16-25(29)27-20-11-9-19(10-12-20)15-26-28-22-6-4-5-7-23(22)31-26/h4-14,17H,15-16H2,1-3H3,(H,27,29). The number of oxazole rings is 1. The van der Waals surface area contributed by atoms with Gasteiger partial charge in [0.1, 0.15) is 11.3 Å². The van der Waals surface area contributed by atoms with Crippen LogP contribution in [0.2, 0.25) is 0 Å². The van der Waals surface area contributed by atoms with E-state index in [9.17, 15) is 4.79 Å². The number of ether oxygens (including phenoxy) is 1. The number of carbonyl (C=O) groups excluding carboxylic acids is 1. The minimum absolute atomic E-state index is 0.0339. The van der Waals surface area contributed by atoms with E-state index in [2.05, 4.69) is 36.3 Å². The number of hydrogen-bond donors (Lipinski definition) is 1. The number of aryl methyl sites for hydroxylation is 1. The first-order valence-electron chi connectivity index (χ1n) is 10.4. The summed E-state index contributed by atoms with van der Waals surface area (Å²) in [4.78, 5) is 16.9. The highest BCUT2D eigenvalue weighted by atomic mass is 16.5. The lowest BCUT2D eigenvalue weighted by Crippen LogP contribution is -2.20. The van der Waals surface area contributed by atoms with Crippen molar-refractivity contribution in [3.63, 3.8) is 0 Å². The van der Waals surface area contributed by atoms with Gasteiger partial charge in [0.25, 0.3) is 5.91 Å². The molecule has 0 radical (unpaired) electrons. The van der Waals surface area contributed by atoms with Crippen LogP contribution in [0.3, 0.4) is 0 Å². The molecule has 3 aromatic carbocycles. The Kier molecular flexibility index (Phi) is 6.03. The number of amides is 1. The molecule has 0 bridgehead atoms. The quantitative estimate of drug-likeness (QED) is 0.411. The summed E-state index contributed by atoms with van der Waals surface area (Å²) in [6.07, 6.45) is 0.595. The molecule has 4 rings (SSSR count). The van der Waals surface area contributed by atoms with Gasteiger partial charge in [-0.15, -0.1) is 0 Å². The molecule has 1 aromatic heterocycles. The summed E-state index contributed by atoms with van der Waals surface area (Å²) in [5.74, 6) is 1.57. The van der Waals surface area contributed by atoms with Crippen LogP contribution in [0, 0.1) is 6.92 Å². The first-order chi connectivity index (χ1) is 15.0. The molecule has 0 unspecified atom stereocenters. The molecule has 5 nitrogen and oxygen atoms in total. The van der Waals surface area contributed by atoms with Crippen LogP contribution in [0.25, 0.3) is 11.1 Å². The molecule has 0 fully saturated rings. The number of aromatic nitrogens is 1. The highest BCUT2D eigenvalue weighted by Gasteiger charge is 2.11. The zero-order chi connectivity index (χ0) is 21.8. The second-order valence-electron chi connectivity index (χ2n) is 7.98. The lowest BCUT2D eigenvalue weighted by atomic mass is 10.0. The van der Waals surface area contributed by atoms with Gasteiger partial charge >= 0.3 is 0 Å². The predicted octanol–water partition coefficient (Wildman–Crippen LogP) is 5.87. The number of nitrogens with one attached hydrogen (secondary N) is 1. The second-order valence-corrected chi connectivity index (χ2v) is 7.98. The molecule has 1 amide bonds. The van der Waals surface area contributed by atoms with E-state index in [4.69, 9.17) is 9.15 Å². The van der Waals surface area contributed by atoms with Gasteiger partial charge in [0, 0.05) is 12.1 Å². The summed E-state index contributed by atoms with van der Waals surface area (Å²) < 4.78 is 11.6. The van der Waals surface area contributed by atoms with Crippen molar-refractivity contribution in [1.29, 1.82) is 0 Å². The fraction of sp³-hybridized carbons (Fsp3) is 0.231. The summed E-state index contributed by atoms with van der Waals surface area (Å²) in [6.45, 7) is 6.20. The molecule has 0 aliphatic carbocycles. The van der Waals surface area contributed by atoms with E-state index in [-0.39, 0.29) is 12.5 Å². The van der Waals surface area contributed by atoms with Gasteiger partial charge in [-0.2, -0.15) is 0 Å². The third-order valence-corrected chi connectivity index (χ3v) is 5.08. The number of carbonyl (C=O) groups is 1. The summed E-state index contributed by atoms with van der Waals surface area (Å²) in [5, 5.41) is 2.89. The number of nitrogens with zero attached hydrogens (tertiary/aromatic N) is 1. The topological polar surface area (TPSA) is 64.4 Å². The van der Waals surface area contributed by atoms with Gasteiger partial charge in [-0.25, -0.2) is 4.98 Å². The minimum atomic E-state index is -0.192. The molecular formula is C26H26N2O3. The average molecular weight is 415 g/mol. The Morgan fingerprint density at radius 2 is 1.84 bits per heavy atom. The van der Waals surface area contributed by atoms with E-state index in [0.717, 1.165) is 39.2 Å². The first kappa shape index (κ1) is 20.7. The lowest BCUT2D eigenvalue weighted by Gasteiger charge is -2.15. The van der Waals surface area contributed by atoms with Gasteiger partial charge in [0.05, 0.1) is 0 Å². The van der Waals surface area contributed by atoms with Crippen molar-refractivity contribution < 1.29 is 13.9 Å². The maximum absolute atomic E-state index is 12.4. The Morgan fingerprint density at radius 3 is 2.58 bits per heavy atom. The summed E-state index contributed by atoms with van der Waals surface area (Å²) in [5.41, 5.74) is 5.63. The van der Waals surface area contributed by atoms with E-state index < -0.39 is 0 Å². The van der Waals surface area contributed by atoms with Crippen molar-refractivity contribution >= 4 is 22.7 Å². The molecule has 1 heterocycles. The Bertz CT molecular complexity index is 1160. The van der Waals surface area contributed by atoms with Crippen molar-refractivity contribution in [2.75, 3.05) is 11.9 Å². The lowest BCUT2D eigenvalue weighted by molar-refractivity contribution is -0.118. The van der Waals surface area contributed by atoms with Gasteiger partial charge in [-0.1, -0.05) is 50.2 Å². The van der Waals surface area contributed by atoms with Crippen molar-refractivity contribution in [2.24, 2.45) is 0 Å². The van der Waals surface area contributed by atoms with Crippen molar-refractivity contribution in [2.45, 2.75) is 33.1 Å². The molecule has 0 aliphatic rings. The number of benzene rings is 3. The van der Waals surface area contributed by atoms with Gasteiger partial charge in [-0.05, 0) is 59.9 Å². The number of anilines is 1. The molecule has 4 aromatic rings. The number of rotatable bonds is 7. The van der Waals surface area contributed by atoms with Gasteiger partial charge in [-0.3, -0.25) is 4.79 Å². The Balaban J connectivity index is 1.34. The first-order valence-corrected chi connectivity index (χ1v) is 10.4. The molecular weight excluding hydrogens is 388 g/mol. The normalized spacial score (nSPS) is 11.1. The van der Waals surface area contributed by atoms with Crippen LogP contribution in [0.1, 0.15) is 42.3 Å². The SMILES string of the molecule is Cc1ccc(C(C)C)c(OCC(=O)Nc2ccc(Cc3nc4ccccc4o3)cc2)c1. The fourth-order valence-electron chi connectivity index (χ4n) is 3.46. The van der Waals surface area contributed by atoms with E-state index in [1.807, 2.05) is 61.5 Å². The second kappa shape index (κ2) is 9.04. The van der Waals surface area contributed by atoms with Crippen LogP contribution in [0.4, 0.5) is 5.69 Å². The fourth-order valence-corrected chi connectivity index (χ4v) is 3.46. The molecule has 0 aliphatic heterocycles. The van der Waals surface area contributed by atoms with Crippen LogP contribution in [0.5, 0.6) is 5.75 Å². The minimum Gasteiger partial charge on any atom is -0.483 e. The monoisotopic (exact) mass is 414 g/mol. The highest BCUT2D eigenvalue weighted by Crippen LogP contribution is 2.27. The van der Waals surface area contributed by atoms with Gasteiger partial charge < -0.3 is 14.5 Å². The molecule has 158 valence electrons. The Hall–Kier alpha value is -3.60. The molecule has 1 N–H and O–H groups in total. The number of fused-ring (bicyclic) bond motifs is 1. The summed E-state index contributed by atoms with van der Waals surface area (Å²) in [6, 6.07) is 21.5. The smallest absolute Gasteiger partial charge is 0.262 e. The van der Waals surface area contributed by atoms with E-state index in [0.29, 0.717) is 18.2 Å². The molecule has 0 saturated carbocycles. The predicted molar refractivity (Wildman–Crippen MR) is 123 cm³/mol. The number of para-hydroxylation sites is 2. The molecule has 0 saturated heterocycles. The van der Waals surface area contributed by atoms with Gasteiger partial charge in [0.2, 0.25) is 0 Å². The van der Waals surface area contributed by atoms with Crippen LogP contribution in [-0.4, -0.2) is 17.5 Å². The molecule has 0 spiro atoms. The number of hydrogen-bond acceptors (Lipinski definition) is 4. The van der Waals surface area contributed by atoms with Crippen molar-refractivity contribution in [3.8, 4) is 5.75 Å². The van der Waals surface area contributed by atoms with Gasteiger partial charge in [0.15, 0.2) is 18.1 Å². The third-order valence-electron chi connectivity index (χ3n) is 5.08. The van der Waals surface area contributed by atoms with Crippen LogP contribution in [0.15, 0.2) is 71.1 Å². The molecule has 5 heteroatoms. The third kappa shape index (κ3) is 5.12. The van der Waals surface area contributed by atoms with Crippen LogP contribution >= 0.6 is 0 Å². The van der Waals surface area contributed by atoms with E-state index >= 15 is 0 Å². The Morgan fingerprint density at radius 1 is 1.06 bits per heavy atom. The molecule has 0 atom stereocenters. The largest absolute Gasteiger partial charge is 0.483 e. The van der Waals surface area contributed by atoms with Crippen molar-refractivity contribution in [1.82, 2.24) is 4.98 Å². The maximum atomic E-state index is 12.4. The summed E-state index contributed by atoms with van der Waals surface area (Å²) in [7, 11) is 0. The van der Waals surface area contributed by atoms with E-state index in [1.54, 1.807) is 0 Å². The van der Waals surface area contributed by atoms with Crippen molar-refractivity contribution in [3.05, 3.63) is 89.3 Å². The Labute approximate surface area is 182 Å². The zero-order valence-corrected chi connectivity index (χ0v) is 18.0. The van der Waals surface area contributed by atoms with Crippen LogP contribution in [-0.2, 0) is 11.2 Å². The highest BCUT2D eigenvalue weighted by molar-refractivity contribution is 5.91. The zero-order valence-electron chi connectivity index (χ0n) is 18.0. The van der Waals surface area contributed by atoms with E-state index in [1.165, 1.54) is 0 Å². The average Bonchev–Trinajstić information content (AvgIpc) is 3.16. The summed E-state index contributed by atoms with van der Waals surface area (Å²) >= 11 is 0. The van der Waals surface area contributed by atoms with Crippen LogP contribution < -0.4 is 10.1 Å². The molecule has 31 heavy (non-hydrogen) atoms.